The highest BCUT2D eigenvalue weighted by Crippen LogP contribution is 2.26. The third-order valence-corrected chi connectivity index (χ3v) is 5.46. The van der Waals surface area contributed by atoms with E-state index in [0.29, 0.717) is 32.3 Å². The molecule has 2 aromatic rings. The summed E-state index contributed by atoms with van der Waals surface area (Å²) in [4.78, 5) is 19.0. The number of morpholine rings is 1. The summed E-state index contributed by atoms with van der Waals surface area (Å²) < 4.78 is 6.60. The lowest BCUT2D eigenvalue weighted by atomic mass is 10.2. The van der Waals surface area contributed by atoms with Crippen LogP contribution in [0.5, 0.6) is 0 Å². The smallest absolute Gasteiger partial charge is 0.234 e. The second-order valence-corrected chi connectivity index (χ2v) is 7.18. The van der Waals surface area contributed by atoms with Crippen LogP contribution < -0.4 is 5.32 Å². The highest BCUT2D eigenvalue weighted by Gasteiger charge is 2.21. The molecule has 1 fully saturated rings. The van der Waals surface area contributed by atoms with Gasteiger partial charge >= 0.3 is 0 Å². The van der Waals surface area contributed by atoms with Gasteiger partial charge in [-0.1, -0.05) is 19.1 Å². The predicted octanol–water partition coefficient (Wildman–Crippen LogP) is 2.24. The van der Waals surface area contributed by atoms with Crippen molar-refractivity contribution in [2.75, 3.05) is 32.8 Å². The van der Waals surface area contributed by atoms with Crippen LogP contribution in [-0.2, 0) is 9.53 Å². The van der Waals surface area contributed by atoms with E-state index in [4.69, 9.17) is 4.74 Å². The number of nitrogens with one attached hydrogen (secondary N) is 1. The topological polar surface area (TPSA) is 54.5 Å². The fourth-order valence-electron chi connectivity index (χ4n) is 2.69. The van der Waals surface area contributed by atoms with Crippen LogP contribution in [0.3, 0.4) is 0 Å². The summed E-state index contributed by atoms with van der Waals surface area (Å²) in [5, 5.41) is 4.11. The second-order valence-electron chi connectivity index (χ2n) is 6.12. The molecule has 0 aliphatic carbocycles. The maximum Gasteiger partial charge on any atom is 0.234 e. The molecule has 1 aliphatic rings. The summed E-state index contributed by atoms with van der Waals surface area (Å²) in [6, 6.07) is 8.44. The first kappa shape index (κ1) is 16.4. The molecule has 6 heteroatoms. The first-order valence-corrected chi connectivity index (χ1v) is 8.89. The number of amides is 1. The van der Waals surface area contributed by atoms with Crippen molar-refractivity contribution in [3.05, 3.63) is 29.3 Å². The van der Waals surface area contributed by atoms with E-state index in [9.17, 15) is 4.79 Å². The van der Waals surface area contributed by atoms with Crippen LogP contribution in [0, 0.1) is 0 Å². The Morgan fingerprint density at radius 3 is 3.13 bits per heavy atom. The number of nitrogens with zero attached hydrogens (tertiary/aromatic N) is 2. The zero-order chi connectivity index (χ0) is 16.2. The normalized spacial score (nSPS) is 20.5. The first-order valence-electron chi connectivity index (χ1n) is 8.07. The molecule has 0 saturated carbocycles. The van der Waals surface area contributed by atoms with Gasteiger partial charge in [0.05, 0.1) is 35.0 Å². The molecule has 124 valence electrons. The number of benzene rings is 1. The monoisotopic (exact) mass is 333 g/mol. The number of rotatable bonds is 5. The predicted molar refractivity (Wildman–Crippen MR) is 92.9 cm³/mol. The molecular weight excluding hydrogens is 310 g/mol. The minimum absolute atomic E-state index is 0.0757. The molecule has 1 amide bonds. The Labute approximate surface area is 140 Å². The average Bonchev–Trinajstić information content (AvgIpc) is 2.99. The number of para-hydroxylation sites is 1. The van der Waals surface area contributed by atoms with Gasteiger partial charge in [0.1, 0.15) is 0 Å². The minimum Gasteiger partial charge on any atom is -0.379 e. The van der Waals surface area contributed by atoms with E-state index in [1.165, 1.54) is 4.70 Å². The summed E-state index contributed by atoms with van der Waals surface area (Å²) in [5.74, 6) is 0.296. The Morgan fingerprint density at radius 1 is 1.52 bits per heavy atom. The number of thiazole rings is 1. The summed E-state index contributed by atoms with van der Waals surface area (Å²) in [5.41, 5.74) is 1.04. The van der Waals surface area contributed by atoms with Crippen molar-refractivity contribution in [2.45, 2.75) is 25.8 Å². The third-order valence-electron chi connectivity index (χ3n) is 4.19. The standard InChI is InChI=1S/C17H23N3O2S/c1-12(17-19-14-5-3-4-6-15(14)23-17)9-18-16(21)10-20-7-8-22-11-13(20)2/h3-6,12-13H,7-11H2,1-2H3,(H,18,21)/t12-,13+/m1/s1. The number of hydrogen-bond acceptors (Lipinski definition) is 5. The second kappa shape index (κ2) is 7.38. The van der Waals surface area contributed by atoms with Gasteiger partial charge in [0.15, 0.2) is 0 Å². The molecule has 1 saturated heterocycles. The number of aromatic nitrogens is 1. The molecule has 23 heavy (non-hydrogen) atoms. The van der Waals surface area contributed by atoms with Gasteiger partial charge in [-0.05, 0) is 19.1 Å². The van der Waals surface area contributed by atoms with E-state index in [2.05, 4.69) is 35.1 Å². The van der Waals surface area contributed by atoms with Gasteiger partial charge in [-0.2, -0.15) is 0 Å². The van der Waals surface area contributed by atoms with Crippen molar-refractivity contribution in [3.8, 4) is 0 Å². The maximum absolute atomic E-state index is 12.2. The quantitative estimate of drug-likeness (QED) is 0.912. The Hall–Kier alpha value is -1.50. The Balaban J connectivity index is 1.51. The molecule has 5 nitrogen and oxygen atoms in total. The van der Waals surface area contributed by atoms with Crippen molar-refractivity contribution in [1.82, 2.24) is 15.2 Å². The molecule has 1 N–H and O–H groups in total. The lowest BCUT2D eigenvalue weighted by Gasteiger charge is -2.32. The minimum atomic E-state index is 0.0757. The van der Waals surface area contributed by atoms with E-state index < -0.39 is 0 Å². The molecule has 0 spiro atoms. The van der Waals surface area contributed by atoms with Crippen molar-refractivity contribution >= 4 is 27.5 Å². The highest BCUT2D eigenvalue weighted by molar-refractivity contribution is 7.18. The molecule has 0 unspecified atom stereocenters. The largest absolute Gasteiger partial charge is 0.379 e. The van der Waals surface area contributed by atoms with Crippen LogP contribution in [0.2, 0.25) is 0 Å². The van der Waals surface area contributed by atoms with Gasteiger partial charge in [-0.3, -0.25) is 9.69 Å². The van der Waals surface area contributed by atoms with Gasteiger partial charge in [0.25, 0.3) is 0 Å². The molecule has 3 rings (SSSR count). The average molecular weight is 333 g/mol. The van der Waals surface area contributed by atoms with Crippen LogP contribution in [0.1, 0.15) is 24.8 Å². The van der Waals surface area contributed by atoms with E-state index in [-0.39, 0.29) is 11.8 Å². The van der Waals surface area contributed by atoms with Crippen molar-refractivity contribution in [2.24, 2.45) is 0 Å². The Morgan fingerprint density at radius 2 is 2.35 bits per heavy atom. The molecule has 1 aromatic heterocycles. The number of hydrogen-bond donors (Lipinski definition) is 1. The van der Waals surface area contributed by atoms with Crippen molar-refractivity contribution in [1.29, 1.82) is 0 Å². The van der Waals surface area contributed by atoms with Crippen molar-refractivity contribution < 1.29 is 9.53 Å². The van der Waals surface area contributed by atoms with Crippen LogP contribution in [0.25, 0.3) is 10.2 Å². The van der Waals surface area contributed by atoms with Gasteiger partial charge in [-0.15, -0.1) is 11.3 Å². The third kappa shape index (κ3) is 4.07. The molecule has 1 aliphatic heterocycles. The van der Waals surface area contributed by atoms with Crippen molar-refractivity contribution in [3.63, 3.8) is 0 Å². The summed E-state index contributed by atoms with van der Waals surface area (Å²) >= 11 is 1.70. The van der Waals surface area contributed by atoms with Crippen LogP contribution in [-0.4, -0.2) is 54.7 Å². The fourth-order valence-corrected chi connectivity index (χ4v) is 3.71. The highest BCUT2D eigenvalue weighted by atomic mass is 32.1. The zero-order valence-electron chi connectivity index (χ0n) is 13.6. The number of carbonyl (C=O) groups excluding carboxylic acids is 1. The Bertz CT molecular complexity index is 640. The van der Waals surface area contributed by atoms with E-state index >= 15 is 0 Å². The number of carbonyl (C=O) groups is 1. The lowest BCUT2D eigenvalue weighted by Crippen LogP contribution is -2.48. The maximum atomic E-state index is 12.2. The molecule has 2 heterocycles. The van der Waals surface area contributed by atoms with Gasteiger partial charge in [0, 0.05) is 25.0 Å². The van der Waals surface area contributed by atoms with E-state index in [1.54, 1.807) is 11.3 Å². The molecule has 2 atom stereocenters. The lowest BCUT2D eigenvalue weighted by molar-refractivity contribution is -0.124. The van der Waals surface area contributed by atoms with E-state index in [0.717, 1.165) is 17.1 Å². The van der Waals surface area contributed by atoms with Crippen LogP contribution >= 0.6 is 11.3 Å². The van der Waals surface area contributed by atoms with E-state index in [1.807, 2.05) is 18.2 Å². The summed E-state index contributed by atoms with van der Waals surface area (Å²) in [6.07, 6.45) is 0. The first-order chi connectivity index (χ1) is 11.1. The fraction of sp³-hybridized carbons (Fsp3) is 0.529. The van der Waals surface area contributed by atoms with Gasteiger partial charge in [0.2, 0.25) is 5.91 Å². The molecular formula is C17H23N3O2S. The molecule has 0 radical (unpaired) electrons. The summed E-state index contributed by atoms with van der Waals surface area (Å²) in [7, 11) is 0. The van der Waals surface area contributed by atoms with Crippen LogP contribution in [0.15, 0.2) is 24.3 Å². The Kier molecular flexibility index (Phi) is 5.25. The molecule has 1 aromatic carbocycles. The number of fused-ring (bicyclic) bond motifs is 1. The zero-order valence-corrected chi connectivity index (χ0v) is 14.4. The van der Waals surface area contributed by atoms with Gasteiger partial charge in [-0.25, -0.2) is 4.98 Å². The van der Waals surface area contributed by atoms with Gasteiger partial charge < -0.3 is 10.1 Å². The number of ether oxygens (including phenoxy) is 1. The molecule has 0 bridgehead atoms. The van der Waals surface area contributed by atoms with Crippen LogP contribution in [0.4, 0.5) is 0 Å². The SMILES string of the molecule is C[C@H](CNC(=O)CN1CCOC[C@@H]1C)c1nc2ccccc2s1. The summed E-state index contributed by atoms with van der Waals surface area (Å²) in [6.45, 7) is 7.50.